The summed E-state index contributed by atoms with van der Waals surface area (Å²) in [5.74, 6) is 1.09. The van der Waals surface area contributed by atoms with Crippen LogP contribution >= 0.6 is 0 Å². The van der Waals surface area contributed by atoms with Crippen molar-refractivity contribution in [2.24, 2.45) is 5.73 Å². The van der Waals surface area contributed by atoms with E-state index in [0.29, 0.717) is 12.6 Å². The van der Waals surface area contributed by atoms with Gasteiger partial charge in [0.15, 0.2) is 0 Å². The molecule has 3 nitrogen and oxygen atoms in total. The minimum atomic E-state index is 0.616. The molecule has 1 aromatic heterocycles. The van der Waals surface area contributed by atoms with Gasteiger partial charge >= 0.3 is 0 Å². The van der Waals surface area contributed by atoms with Crippen LogP contribution in [0.25, 0.3) is 22.4 Å². The van der Waals surface area contributed by atoms with Crippen LogP contribution in [0.15, 0.2) is 48.5 Å². The fourth-order valence-corrected chi connectivity index (χ4v) is 2.98. The van der Waals surface area contributed by atoms with Crippen molar-refractivity contribution < 1.29 is 0 Å². The van der Waals surface area contributed by atoms with E-state index in [0.717, 1.165) is 17.8 Å². The molecular weight excluding hydrogens is 258 g/mol. The van der Waals surface area contributed by atoms with Crippen LogP contribution in [-0.2, 0) is 6.42 Å². The normalized spacial score (nSPS) is 14.7. The summed E-state index contributed by atoms with van der Waals surface area (Å²) in [6.07, 6.45) is 3.43. The van der Waals surface area contributed by atoms with Gasteiger partial charge in [0.2, 0.25) is 0 Å². The molecule has 1 saturated carbocycles. The number of fused-ring (bicyclic) bond motifs is 1. The van der Waals surface area contributed by atoms with Gasteiger partial charge in [-0.1, -0.05) is 30.3 Å². The lowest BCUT2D eigenvalue weighted by molar-refractivity contribution is 0.775. The lowest BCUT2D eigenvalue weighted by atomic mass is 10.1. The molecule has 2 aromatic carbocycles. The summed E-state index contributed by atoms with van der Waals surface area (Å²) < 4.78 is 2.41. The average Bonchev–Trinajstić information content (AvgIpc) is 3.27. The van der Waals surface area contributed by atoms with Crippen molar-refractivity contribution in [1.82, 2.24) is 9.55 Å². The van der Waals surface area contributed by atoms with Crippen LogP contribution < -0.4 is 5.73 Å². The van der Waals surface area contributed by atoms with Gasteiger partial charge in [-0.25, -0.2) is 4.98 Å². The molecular formula is C18H19N3. The van der Waals surface area contributed by atoms with Crippen molar-refractivity contribution in [3.8, 4) is 11.4 Å². The molecule has 3 heteroatoms. The summed E-state index contributed by atoms with van der Waals surface area (Å²) >= 11 is 0. The highest BCUT2D eigenvalue weighted by molar-refractivity contribution is 5.81. The summed E-state index contributed by atoms with van der Waals surface area (Å²) in [7, 11) is 0. The molecule has 0 amide bonds. The molecule has 1 fully saturated rings. The molecule has 0 unspecified atom stereocenters. The van der Waals surface area contributed by atoms with Crippen molar-refractivity contribution in [3.63, 3.8) is 0 Å². The monoisotopic (exact) mass is 277 g/mol. The van der Waals surface area contributed by atoms with Crippen molar-refractivity contribution in [3.05, 3.63) is 54.1 Å². The highest BCUT2D eigenvalue weighted by Crippen LogP contribution is 2.41. The van der Waals surface area contributed by atoms with Crippen LogP contribution in [0, 0.1) is 0 Å². The number of hydrogen-bond acceptors (Lipinski definition) is 2. The summed E-state index contributed by atoms with van der Waals surface area (Å²) in [4.78, 5) is 4.88. The third kappa shape index (κ3) is 2.24. The number of rotatable bonds is 4. The van der Waals surface area contributed by atoms with Gasteiger partial charge in [0.1, 0.15) is 5.82 Å². The third-order valence-corrected chi connectivity index (χ3v) is 4.13. The minimum absolute atomic E-state index is 0.616. The zero-order chi connectivity index (χ0) is 14.2. The van der Waals surface area contributed by atoms with Crippen LogP contribution in [0.3, 0.4) is 0 Å². The molecule has 0 radical (unpaired) electrons. The second kappa shape index (κ2) is 5.01. The van der Waals surface area contributed by atoms with E-state index in [9.17, 15) is 0 Å². The predicted molar refractivity (Wildman–Crippen MR) is 86.2 cm³/mol. The fraction of sp³-hybridized carbons (Fsp3) is 0.278. The standard InChI is InChI=1S/C18H19N3/c19-11-10-13-4-3-5-14(12-13)18-20-16-6-1-2-7-17(16)21(18)15-8-9-15/h1-7,12,15H,8-11,19H2. The van der Waals surface area contributed by atoms with Crippen LogP contribution in [0.1, 0.15) is 24.4 Å². The van der Waals surface area contributed by atoms with E-state index in [-0.39, 0.29) is 0 Å². The van der Waals surface area contributed by atoms with Crippen LogP contribution in [0.4, 0.5) is 0 Å². The Hall–Kier alpha value is -2.13. The van der Waals surface area contributed by atoms with Gasteiger partial charge in [-0.3, -0.25) is 0 Å². The Balaban J connectivity index is 1.89. The Bertz CT molecular complexity index is 784. The molecule has 3 aromatic rings. The van der Waals surface area contributed by atoms with Crippen molar-refractivity contribution >= 4 is 11.0 Å². The number of imidazole rings is 1. The molecule has 1 heterocycles. The largest absolute Gasteiger partial charge is 0.330 e. The molecule has 0 spiro atoms. The second-order valence-corrected chi connectivity index (χ2v) is 5.76. The Morgan fingerprint density at radius 3 is 2.76 bits per heavy atom. The predicted octanol–water partition coefficient (Wildman–Crippen LogP) is 3.54. The third-order valence-electron chi connectivity index (χ3n) is 4.13. The van der Waals surface area contributed by atoms with Gasteiger partial charge in [0.25, 0.3) is 0 Å². The highest BCUT2D eigenvalue weighted by Gasteiger charge is 2.28. The fourth-order valence-electron chi connectivity index (χ4n) is 2.98. The van der Waals surface area contributed by atoms with Gasteiger partial charge in [0, 0.05) is 11.6 Å². The molecule has 2 N–H and O–H groups in total. The van der Waals surface area contributed by atoms with E-state index in [1.807, 2.05) is 0 Å². The van der Waals surface area contributed by atoms with E-state index in [1.165, 1.54) is 29.5 Å². The molecule has 106 valence electrons. The van der Waals surface area contributed by atoms with Gasteiger partial charge in [-0.15, -0.1) is 0 Å². The number of nitrogens with two attached hydrogens (primary N) is 1. The lowest BCUT2D eigenvalue weighted by Crippen LogP contribution is -2.03. The Labute approximate surface area is 124 Å². The summed E-state index contributed by atoms with van der Waals surface area (Å²) in [5.41, 5.74) is 10.5. The molecule has 21 heavy (non-hydrogen) atoms. The molecule has 1 aliphatic rings. The number of para-hydroxylation sites is 2. The van der Waals surface area contributed by atoms with E-state index in [1.54, 1.807) is 0 Å². The average molecular weight is 277 g/mol. The van der Waals surface area contributed by atoms with E-state index < -0.39 is 0 Å². The number of aromatic nitrogens is 2. The Morgan fingerprint density at radius 2 is 1.95 bits per heavy atom. The molecule has 0 atom stereocenters. The number of hydrogen-bond donors (Lipinski definition) is 1. The Kier molecular flexibility index (Phi) is 3.00. The lowest BCUT2D eigenvalue weighted by Gasteiger charge is -2.09. The number of nitrogens with zero attached hydrogens (tertiary/aromatic N) is 2. The first-order valence-corrected chi connectivity index (χ1v) is 7.63. The molecule has 0 bridgehead atoms. The molecule has 0 aliphatic heterocycles. The maximum atomic E-state index is 5.68. The maximum Gasteiger partial charge on any atom is 0.141 e. The van der Waals surface area contributed by atoms with Gasteiger partial charge < -0.3 is 10.3 Å². The zero-order valence-electron chi connectivity index (χ0n) is 12.0. The van der Waals surface area contributed by atoms with Gasteiger partial charge in [0.05, 0.1) is 11.0 Å². The van der Waals surface area contributed by atoms with Crippen LogP contribution in [0.5, 0.6) is 0 Å². The second-order valence-electron chi connectivity index (χ2n) is 5.76. The number of benzene rings is 2. The molecule has 1 aliphatic carbocycles. The van der Waals surface area contributed by atoms with Crippen molar-refractivity contribution in [2.75, 3.05) is 6.54 Å². The first-order chi connectivity index (χ1) is 10.4. The topological polar surface area (TPSA) is 43.8 Å². The maximum absolute atomic E-state index is 5.68. The summed E-state index contributed by atoms with van der Waals surface area (Å²) in [6, 6.07) is 17.7. The van der Waals surface area contributed by atoms with Crippen molar-refractivity contribution in [1.29, 1.82) is 0 Å². The zero-order valence-corrected chi connectivity index (χ0v) is 12.0. The van der Waals surface area contributed by atoms with E-state index in [4.69, 9.17) is 10.7 Å². The minimum Gasteiger partial charge on any atom is -0.330 e. The SMILES string of the molecule is NCCc1cccc(-c2nc3ccccc3n2C2CC2)c1. The molecule has 0 saturated heterocycles. The Morgan fingerprint density at radius 1 is 1.10 bits per heavy atom. The first-order valence-electron chi connectivity index (χ1n) is 7.63. The molecule has 4 rings (SSSR count). The van der Waals surface area contributed by atoms with Crippen LogP contribution in [-0.4, -0.2) is 16.1 Å². The van der Waals surface area contributed by atoms with Gasteiger partial charge in [-0.05, 0) is 49.6 Å². The van der Waals surface area contributed by atoms with Crippen LogP contribution in [0.2, 0.25) is 0 Å². The smallest absolute Gasteiger partial charge is 0.141 e. The van der Waals surface area contributed by atoms with Crippen molar-refractivity contribution in [2.45, 2.75) is 25.3 Å². The van der Waals surface area contributed by atoms with E-state index >= 15 is 0 Å². The summed E-state index contributed by atoms with van der Waals surface area (Å²) in [5, 5.41) is 0. The van der Waals surface area contributed by atoms with Gasteiger partial charge in [-0.2, -0.15) is 0 Å². The quantitative estimate of drug-likeness (QED) is 0.792. The summed E-state index contributed by atoms with van der Waals surface area (Å²) in [6.45, 7) is 0.683. The first kappa shape index (κ1) is 12.6. The van der Waals surface area contributed by atoms with E-state index in [2.05, 4.69) is 53.1 Å². The highest BCUT2D eigenvalue weighted by atomic mass is 15.1.